The minimum atomic E-state index is -0.700. The molecule has 5 aliphatic rings. The molecule has 5 atom stereocenters. The quantitative estimate of drug-likeness (QED) is 0.453. The van der Waals surface area contributed by atoms with Gasteiger partial charge in [0.2, 0.25) is 5.91 Å². The molecule has 7 rings (SSSR count). The number of aliphatic hydroxyl groups excluding tert-OH is 1. The summed E-state index contributed by atoms with van der Waals surface area (Å²) in [5.41, 5.74) is 3.90. The van der Waals surface area contributed by atoms with Gasteiger partial charge in [-0.05, 0) is 60.6 Å². The van der Waals surface area contributed by atoms with Crippen molar-refractivity contribution in [1.29, 1.82) is 5.41 Å². The minimum absolute atomic E-state index is 0.0902. The number of carbonyl (C=O) groups is 2. The van der Waals surface area contributed by atoms with Crippen LogP contribution in [0.25, 0.3) is 0 Å². The zero-order valence-corrected chi connectivity index (χ0v) is 23.9. The van der Waals surface area contributed by atoms with Gasteiger partial charge in [0.25, 0.3) is 5.91 Å². The Bertz CT molecular complexity index is 1340. The molecule has 0 saturated carbocycles. The summed E-state index contributed by atoms with van der Waals surface area (Å²) in [6, 6.07) is 10.6. The Labute approximate surface area is 241 Å². The lowest BCUT2D eigenvalue weighted by molar-refractivity contribution is -0.135. The van der Waals surface area contributed by atoms with E-state index in [4.69, 9.17) is 14.9 Å². The van der Waals surface area contributed by atoms with Crippen molar-refractivity contribution in [2.45, 2.75) is 82.0 Å². The predicted molar refractivity (Wildman–Crippen MR) is 154 cm³/mol. The zero-order valence-electron chi connectivity index (χ0n) is 23.9. The Hall–Kier alpha value is -3.43. The first kappa shape index (κ1) is 27.7. The van der Waals surface area contributed by atoms with Gasteiger partial charge < -0.3 is 25.2 Å². The molecule has 41 heavy (non-hydrogen) atoms. The second-order valence-corrected chi connectivity index (χ2v) is 12.1. The number of hydrogen-bond donors (Lipinski definition) is 4. The van der Waals surface area contributed by atoms with Gasteiger partial charge in [-0.15, -0.1) is 0 Å². The largest absolute Gasteiger partial charge is 0.493 e. The third-order valence-corrected chi connectivity index (χ3v) is 9.48. The average molecular weight is 561 g/mol. The Balaban J connectivity index is 1.42. The van der Waals surface area contributed by atoms with Gasteiger partial charge in [-0.3, -0.25) is 19.9 Å². The molecule has 2 amide bonds. The topological polar surface area (TPSA) is 124 Å². The van der Waals surface area contributed by atoms with Gasteiger partial charge in [-0.2, -0.15) is 0 Å². The van der Waals surface area contributed by atoms with E-state index in [-0.39, 0.29) is 23.7 Å². The van der Waals surface area contributed by atoms with Crippen LogP contribution in [-0.4, -0.2) is 59.7 Å². The lowest BCUT2D eigenvalue weighted by Gasteiger charge is -2.48. The Morgan fingerprint density at radius 2 is 2.00 bits per heavy atom. The number of rotatable bonds is 3. The number of benzene rings is 2. The Morgan fingerprint density at radius 1 is 1.15 bits per heavy atom. The number of fused-ring (bicyclic) bond motifs is 7. The minimum Gasteiger partial charge on any atom is -0.493 e. The van der Waals surface area contributed by atoms with E-state index in [2.05, 4.69) is 35.8 Å². The highest BCUT2D eigenvalue weighted by molar-refractivity contribution is 6.00. The van der Waals surface area contributed by atoms with E-state index in [9.17, 15) is 14.7 Å². The van der Waals surface area contributed by atoms with Crippen LogP contribution in [0.15, 0.2) is 36.4 Å². The van der Waals surface area contributed by atoms with Crippen molar-refractivity contribution in [2.75, 3.05) is 20.3 Å². The number of nitrogens with one attached hydrogen (secondary N) is 3. The number of nitrogens with zero attached hydrogens (tertiary/aromatic N) is 1. The third-order valence-electron chi connectivity index (χ3n) is 9.48. The Morgan fingerprint density at radius 3 is 2.78 bits per heavy atom. The summed E-state index contributed by atoms with van der Waals surface area (Å²) in [5, 5.41) is 26.5. The average Bonchev–Trinajstić information content (AvgIpc) is 3.26. The molecule has 0 radical (unpaired) electrons. The maximum Gasteiger partial charge on any atom is 0.251 e. The van der Waals surface area contributed by atoms with Crippen LogP contribution in [0, 0.1) is 11.3 Å². The van der Waals surface area contributed by atoms with Crippen molar-refractivity contribution >= 4 is 17.8 Å². The van der Waals surface area contributed by atoms with Gasteiger partial charge in [0.05, 0.1) is 37.8 Å². The van der Waals surface area contributed by atoms with Gasteiger partial charge in [0, 0.05) is 36.1 Å². The second-order valence-electron chi connectivity index (χ2n) is 12.1. The molecule has 218 valence electrons. The van der Waals surface area contributed by atoms with Crippen LogP contribution in [0.5, 0.6) is 5.75 Å². The molecule has 1 unspecified atom stereocenters. The summed E-state index contributed by atoms with van der Waals surface area (Å²) >= 11 is 0. The molecule has 1 fully saturated rings. The highest BCUT2D eigenvalue weighted by atomic mass is 16.5. The van der Waals surface area contributed by atoms with E-state index in [0.717, 1.165) is 49.7 Å². The number of ether oxygens (including phenoxy) is 2. The number of methoxy groups -OCH3 is 1. The van der Waals surface area contributed by atoms with E-state index in [0.29, 0.717) is 42.9 Å². The van der Waals surface area contributed by atoms with Gasteiger partial charge in [0.15, 0.2) is 5.96 Å². The van der Waals surface area contributed by atoms with Crippen molar-refractivity contribution in [3.8, 4) is 5.75 Å². The van der Waals surface area contributed by atoms with E-state index >= 15 is 0 Å². The molecular weight excluding hydrogens is 520 g/mol. The molecule has 6 bridgehead atoms. The van der Waals surface area contributed by atoms with Crippen LogP contribution in [0.4, 0.5) is 0 Å². The number of carbonyl (C=O) groups excluding carboxylic acids is 2. The number of hydrogen-bond acceptors (Lipinski definition) is 6. The first-order chi connectivity index (χ1) is 19.8. The lowest BCUT2D eigenvalue weighted by atomic mass is 9.82. The van der Waals surface area contributed by atoms with Gasteiger partial charge in [-0.1, -0.05) is 38.0 Å². The molecule has 0 aromatic heterocycles. The highest BCUT2D eigenvalue weighted by Gasteiger charge is 2.47. The molecule has 4 aliphatic heterocycles. The summed E-state index contributed by atoms with van der Waals surface area (Å²) in [5.74, 6) is 0.0620. The maximum absolute atomic E-state index is 13.9. The summed E-state index contributed by atoms with van der Waals surface area (Å²) in [6.07, 6.45) is 5.57. The fraction of sp³-hybridized carbons (Fsp3) is 0.531. The monoisotopic (exact) mass is 560 g/mol. The SMILES string of the molecule is CCC12CCCCCc3ccc4c(c3)[C@@H](NC(=O)c3ccc5c(c3)[C@@H]([C@H](COC)CO5)N(C(=N)N1)C(=O)C2)[C@H](O)C4. The van der Waals surface area contributed by atoms with Crippen LogP contribution in [0.1, 0.15) is 90.1 Å². The normalized spacial score (nSPS) is 29.6. The smallest absolute Gasteiger partial charge is 0.251 e. The van der Waals surface area contributed by atoms with Crippen LogP contribution in [-0.2, 0) is 22.4 Å². The van der Waals surface area contributed by atoms with E-state index in [1.807, 2.05) is 0 Å². The van der Waals surface area contributed by atoms with Crippen molar-refractivity contribution in [3.63, 3.8) is 0 Å². The summed E-state index contributed by atoms with van der Waals surface area (Å²) in [6.45, 7) is 2.75. The van der Waals surface area contributed by atoms with E-state index < -0.39 is 23.7 Å². The molecule has 9 nitrogen and oxygen atoms in total. The van der Waals surface area contributed by atoms with Crippen molar-refractivity contribution in [3.05, 3.63) is 64.2 Å². The Kier molecular flexibility index (Phi) is 7.50. The number of aryl methyl sites for hydroxylation is 1. The fourth-order valence-corrected chi connectivity index (χ4v) is 7.18. The van der Waals surface area contributed by atoms with E-state index in [1.54, 1.807) is 30.2 Å². The highest BCUT2D eigenvalue weighted by Crippen LogP contribution is 2.43. The van der Waals surface area contributed by atoms with Crippen molar-refractivity contribution in [1.82, 2.24) is 15.5 Å². The number of aliphatic hydroxyl groups is 1. The summed E-state index contributed by atoms with van der Waals surface area (Å²) in [7, 11) is 1.61. The molecular formula is C32H40N4O5. The van der Waals surface area contributed by atoms with E-state index in [1.165, 1.54) is 5.56 Å². The molecule has 2 aromatic rings. The van der Waals surface area contributed by atoms with Gasteiger partial charge >= 0.3 is 0 Å². The maximum atomic E-state index is 13.9. The van der Waals surface area contributed by atoms with Crippen LogP contribution >= 0.6 is 0 Å². The molecule has 4 heterocycles. The first-order valence-corrected chi connectivity index (χ1v) is 14.9. The molecule has 1 aliphatic carbocycles. The van der Waals surface area contributed by atoms with Crippen LogP contribution < -0.4 is 15.4 Å². The predicted octanol–water partition coefficient (Wildman–Crippen LogP) is 3.79. The van der Waals surface area contributed by atoms with Crippen molar-refractivity contribution in [2.24, 2.45) is 5.92 Å². The molecule has 4 N–H and O–H groups in total. The molecule has 9 heteroatoms. The second kappa shape index (κ2) is 11.1. The van der Waals surface area contributed by atoms with Crippen molar-refractivity contribution < 1.29 is 24.2 Å². The van der Waals surface area contributed by atoms with Gasteiger partial charge in [-0.25, -0.2) is 0 Å². The third kappa shape index (κ3) is 5.10. The summed E-state index contributed by atoms with van der Waals surface area (Å²) in [4.78, 5) is 29.1. The fourth-order valence-electron chi connectivity index (χ4n) is 7.18. The van der Waals surface area contributed by atoms with Gasteiger partial charge in [0.1, 0.15) is 5.75 Å². The van der Waals surface area contributed by atoms with Crippen LogP contribution in [0.2, 0.25) is 0 Å². The zero-order chi connectivity index (χ0) is 28.7. The molecule has 2 aromatic carbocycles. The summed E-state index contributed by atoms with van der Waals surface area (Å²) < 4.78 is 11.6. The molecule has 1 saturated heterocycles. The lowest BCUT2D eigenvalue weighted by Crippen LogP contribution is -2.64. The molecule has 0 spiro atoms. The standard InChI is InChI=1S/C32H40N4O5/c1-3-32-12-6-4-5-7-19-8-9-20-15-25(37)28(23(20)13-19)34-30(39)21-10-11-26-24(14-21)29(22(17-40-2)18-41-26)36(27(38)16-32)31(33)35-32/h8-11,13-14,22,25,28-29,37H,3-7,12,15-18H2,1-2H3,(H2,33,35)(H,34,39)/t22-,25-,28-,29-,32?/m1/s1. The number of amides is 2. The van der Waals surface area contributed by atoms with Crippen LogP contribution in [0.3, 0.4) is 0 Å². The first-order valence-electron chi connectivity index (χ1n) is 14.9. The number of guanidine groups is 1.